The van der Waals surface area contributed by atoms with Crippen LogP contribution in [0.15, 0.2) is 78.9 Å². The van der Waals surface area contributed by atoms with Crippen LogP contribution in [0.3, 0.4) is 0 Å². The Morgan fingerprint density at radius 2 is 1.40 bits per heavy atom. The molecule has 1 saturated heterocycles. The number of rotatable bonds is 6. The second kappa shape index (κ2) is 10.2. The van der Waals surface area contributed by atoms with Gasteiger partial charge in [-0.05, 0) is 66.6 Å². The Labute approximate surface area is 208 Å². The lowest BCUT2D eigenvalue weighted by molar-refractivity contribution is -0.0614. The number of nitrogens with zero attached hydrogens (tertiary/aromatic N) is 2. The van der Waals surface area contributed by atoms with Gasteiger partial charge in [0.15, 0.2) is 0 Å². The van der Waals surface area contributed by atoms with Gasteiger partial charge in [-0.2, -0.15) is 0 Å². The molecule has 0 radical (unpaired) electrons. The van der Waals surface area contributed by atoms with Crippen molar-refractivity contribution < 1.29 is 14.6 Å². The molecule has 182 valence electrons. The number of anilines is 1. The fourth-order valence-electron chi connectivity index (χ4n) is 5.80. The van der Waals surface area contributed by atoms with Crippen molar-refractivity contribution >= 4 is 11.7 Å². The molecule has 0 bridgehead atoms. The number of carboxylic acids is 1. The highest BCUT2D eigenvalue weighted by molar-refractivity contribution is 5.88. The molecule has 1 saturated carbocycles. The predicted molar refractivity (Wildman–Crippen MR) is 140 cm³/mol. The molecule has 1 N–H and O–H groups in total. The number of carbonyl (C=O) groups is 1. The molecule has 0 amide bonds. The third kappa shape index (κ3) is 4.97. The van der Waals surface area contributed by atoms with Crippen molar-refractivity contribution in [3.8, 4) is 11.1 Å². The monoisotopic (exact) mass is 470 g/mol. The molecule has 2 aliphatic rings. The minimum Gasteiger partial charge on any atom is -0.478 e. The van der Waals surface area contributed by atoms with Crippen LogP contribution in [0.5, 0.6) is 0 Å². The Morgan fingerprint density at radius 1 is 0.829 bits per heavy atom. The van der Waals surface area contributed by atoms with Crippen molar-refractivity contribution in [1.29, 1.82) is 0 Å². The summed E-state index contributed by atoms with van der Waals surface area (Å²) in [6, 6.07) is 27.1. The van der Waals surface area contributed by atoms with E-state index in [1.807, 2.05) is 19.2 Å². The minimum absolute atomic E-state index is 0.130. The molecule has 0 unspecified atom stereocenters. The van der Waals surface area contributed by atoms with Gasteiger partial charge in [0, 0.05) is 45.0 Å². The normalized spacial score (nSPS) is 23.2. The Balaban J connectivity index is 1.15. The molecule has 1 aliphatic heterocycles. The van der Waals surface area contributed by atoms with Gasteiger partial charge in [0.05, 0.1) is 11.2 Å². The highest BCUT2D eigenvalue weighted by Crippen LogP contribution is 2.41. The zero-order valence-electron chi connectivity index (χ0n) is 20.4. The lowest BCUT2D eigenvalue weighted by Crippen LogP contribution is -2.52. The first-order valence-electron chi connectivity index (χ1n) is 12.6. The number of methoxy groups -OCH3 is 1. The number of piperazine rings is 1. The minimum atomic E-state index is -0.895. The summed E-state index contributed by atoms with van der Waals surface area (Å²) >= 11 is 0. The lowest BCUT2D eigenvalue weighted by atomic mass is 9.77. The zero-order chi connectivity index (χ0) is 24.3. The topological polar surface area (TPSA) is 53.0 Å². The summed E-state index contributed by atoms with van der Waals surface area (Å²) in [5, 5.41) is 9.10. The van der Waals surface area contributed by atoms with Gasteiger partial charge < -0.3 is 14.7 Å². The third-order valence-corrected chi connectivity index (χ3v) is 7.98. The first kappa shape index (κ1) is 23.6. The van der Waals surface area contributed by atoms with E-state index in [0.29, 0.717) is 11.6 Å². The first-order valence-corrected chi connectivity index (χ1v) is 12.6. The SMILES string of the molecule is COC1(c2ccccc2)CCC(N2CCN(c3ccc(-c4ccc(C(=O)O)cc4)cc3)CC2)CC1. The van der Waals surface area contributed by atoms with E-state index in [1.165, 1.54) is 24.1 Å². The molecule has 0 spiro atoms. The fourth-order valence-corrected chi connectivity index (χ4v) is 5.80. The first-order chi connectivity index (χ1) is 17.1. The quantitative estimate of drug-likeness (QED) is 0.504. The molecule has 1 aliphatic carbocycles. The standard InChI is InChI=1S/C30H34N2O3/c1-35-30(26-5-3-2-4-6-26)17-15-28(16-18-30)32-21-19-31(20-22-32)27-13-11-24(12-14-27)23-7-9-25(10-8-23)29(33)34/h2-14,28H,15-22H2,1H3,(H,33,34). The van der Waals surface area contributed by atoms with Gasteiger partial charge >= 0.3 is 5.97 Å². The van der Waals surface area contributed by atoms with Crippen LogP contribution in [-0.2, 0) is 10.3 Å². The second-order valence-electron chi connectivity index (χ2n) is 9.75. The van der Waals surface area contributed by atoms with Crippen molar-refractivity contribution in [2.75, 3.05) is 38.2 Å². The van der Waals surface area contributed by atoms with E-state index in [2.05, 4.69) is 64.4 Å². The van der Waals surface area contributed by atoms with Gasteiger partial charge in [-0.25, -0.2) is 4.79 Å². The number of ether oxygens (including phenoxy) is 1. The summed E-state index contributed by atoms with van der Waals surface area (Å²) in [6.45, 7) is 4.26. The van der Waals surface area contributed by atoms with Crippen LogP contribution in [0.4, 0.5) is 5.69 Å². The number of carboxylic acid groups (broad SMARTS) is 1. The van der Waals surface area contributed by atoms with Crippen molar-refractivity contribution in [3.05, 3.63) is 90.0 Å². The second-order valence-corrected chi connectivity index (χ2v) is 9.75. The number of aromatic carboxylic acids is 1. The molecule has 3 aromatic rings. The molecular formula is C30H34N2O3. The maximum atomic E-state index is 11.1. The van der Waals surface area contributed by atoms with E-state index in [0.717, 1.165) is 50.1 Å². The van der Waals surface area contributed by atoms with E-state index in [9.17, 15) is 4.79 Å². The maximum Gasteiger partial charge on any atom is 0.335 e. The van der Waals surface area contributed by atoms with Gasteiger partial charge in [0.1, 0.15) is 0 Å². The molecule has 3 aromatic carbocycles. The number of hydrogen-bond donors (Lipinski definition) is 1. The van der Waals surface area contributed by atoms with E-state index in [4.69, 9.17) is 9.84 Å². The Morgan fingerprint density at radius 3 is 1.94 bits per heavy atom. The van der Waals surface area contributed by atoms with Crippen LogP contribution < -0.4 is 4.90 Å². The predicted octanol–water partition coefficient (Wildman–Crippen LogP) is 5.66. The summed E-state index contributed by atoms with van der Waals surface area (Å²) in [6.07, 6.45) is 4.51. The molecule has 1 heterocycles. The van der Waals surface area contributed by atoms with Crippen LogP contribution in [0.25, 0.3) is 11.1 Å². The van der Waals surface area contributed by atoms with Crippen LogP contribution >= 0.6 is 0 Å². The van der Waals surface area contributed by atoms with Crippen LogP contribution in [-0.4, -0.2) is 55.3 Å². The van der Waals surface area contributed by atoms with E-state index in [1.54, 1.807) is 12.1 Å². The van der Waals surface area contributed by atoms with Crippen LogP contribution in [0, 0.1) is 0 Å². The highest BCUT2D eigenvalue weighted by atomic mass is 16.5. The zero-order valence-corrected chi connectivity index (χ0v) is 20.4. The van der Waals surface area contributed by atoms with E-state index in [-0.39, 0.29) is 5.60 Å². The molecule has 0 aromatic heterocycles. The van der Waals surface area contributed by atoms with Gasteiger partial charge in [0.2, 0.25) is 0 Å². The Kier molecular flexibility index (Phi) is 6.89. The van der Waals surface area contributed by atoms with Gasteiger partial charge in [-0.1, -0.05) is 54.6 Å². The van der Waals surface area contributed by atoms with Crippen molar-refractivity contribution in [3.63, 3.8) is 0 Å². The highest BCUT2D eigenvalue weighted by Gasteiger charge is 2.39. The van der Waals surface area contributed by atoms with Crippen LogP contribution in [0.1, 0.15) is 41.6 Å². The summed E-state index contributed by atoms with van der Waals surface area (Å²) in [7, 11) is 1.86. The van der Waals surface area contributed by atoms with Crippen molar-refractivity contribution in [2.45, 2.75) is 37.3 Å². The van der Waals surface area contributed by atoms with E-state index < -0.39 is 5.97 Å². The molecular weight excluding hydrogens is 436 g/mol. The summed E-state index contributed by atoms with van der Waals surface area (Å²) in [5.41, 5.74) is 4.88. The summed E-state index contributed by atoms with van der Waals surface area (Å²) in [4.78, 5) is 16.2. The Hall–Kier alpha value is -3.15. The van der Waals surface area contributed by atoms with Crippen LogP contribution in [0.2, 0.25) is 0 Å². The van der Waals surface area contributed by atoms with Gasteiger partial charge in [-0.3, -0.25) is 4.90 Å². The molecule has 5 rings (SSSR count). The summed E-state index contributed by atoms with van der Waals surface area (Å²) in [5.74, 6) is -0.895. The number of benzene rings is 3. The van der Waals surface area contributed by atoms with E-state index >= 15 is 0 Å². The summed E-state index contributed by atoms with van der Waals surface area (Å²) < 4.78 is 6.08. The molecule has 35 heavy (non-hydrogen) atoms. The molecule has 0 atom stereocenters. The van der Waals surface area contributed by atoms with Gasteiger partial charge in [0.25, 0.3) is 0 Å². The average molecular weight is 471 g/mol. The third-order valence-electron chi connectivity index (χ3n) is 7.98. The lowest BCUT2D eigenvalue weighted by Gasteiger charge is -2.46. The molecule has 5 nitrogen and oxygen atoms in total. The molecule has 2 fully saturated rings. The number of hydrogen-bond acceptors (Lipinski definition) is 4. The molecule has 5 heteroatoms. The van der Waals surface area contributed by atoms with Crippen molar-refractivity contribution in [2.24, 2.45) is 0 Å². The largest absolute Gasteiger partial charge is 0.478 e. The fraction of sp³-hybridized carbons (Fsp3) is 0.367. The Bertz CT molecular complexity index is 1110. The maximum absolute atomic E-state index is 11.1. The van der Waals surface area contributed by atoms with Gasteiger partial charge in [-0.15, -0.1) is 0 Å². The smallest absolute Gasteiger partial charge is 0.335 e. The average Bonchev–Trinajstić information content (AvgIpc) is 2.94. The van der Waals surface area contributed by atoms with Crippen molar-refractivity contribution in [1.82, 2.24) is 4.90 Å².